The van der Waals surface area contributed by atoms with E-state index in [2.05, 4.69) is 31.0 Å². The van der Waals surface area contributed by atoms with Crippen molar-refractivity contribution in [3.8, 4) is 0 Å². The van der Waals surface area contributed by atoms with Crippen LogP contribution in [-0.4, -0.2) is 36.1 Å². The fourth-order valence-corrected chi connectivity index (χ4v) is 2.96. The van der Waals surface area contributed by atoms with Crippen molar-refractivity contribution in [2.45, 2.75) is 58.0 Å². The van der Waals surface area contributed by atoms with E-state index in [0.29, 0.717) is 5.54 Å². The molecule has 2 rings (SSSR count). The van der Waals surface area contributed by atoms with Crippen molar-refractivity contribution in [2.75, 3.05) is 19.6 Å². The Morgan fingerprint density at radius 1 is 1.33 bits per heavy atom. The van der Waals surface area contributed by atoms with Crippen molar-refractivity contribution in [1.82, 2.24) is 10.2 Å². The summed E-state index contributed by atoms with van der Waals surface area (Å²) in [5.74, 6) is 1.04. The maximum absolute atomic E-state index is 3.65. The zero-order chi connectivity index (χ0) is 10.9. The van der Waals surface area contributed by atoms with Gasteiger partial charge in [0.2, 0.25) is 0 Å². The number of fused-ring (bicyclic) bond motifs is 2. The molecule has 1 aliphatic carbocycles. The molecule has 2 atom stereocenters. The fourth-order valence-electron chi connectivity index (χ4n) is 2.96. The largest absolute Gasteiger partial charge is 0.311 e. The summed E-state index contributed by atoms with van der Waals surface area (Å²) in [7, 11) is 0. The summed E-state index contributed by atoms with van der Waals surface area (Å²) in [5.41, 5.74) is 0.318. The molecule has 1 N–H and O–H groups in total. The van der Waals surface area contributed by atoms with Gasteiger partial charge in [0.05, 0.1) is 0 Å². The highest BCUT2D eigenvalue weighted by Gasteiger charge is 2.37. The predicted octanol–water partition coefficient (Wildman–Crippen LogP) is 2.25. The van der Waals surface area contributed by atoms with Crippen molar-refractivity contribution in [3.05, 3.63) is 0 Å². The number of nitrogens with zero attached hydrogens (tertiary/aromatic N) is 1. The molecule has 0 radical (unpaired) electrons. The first-order valence-corrected chi connectivity index (χ1v) is 6.60. The zero-order valence-electron chi connectivity index (χ0n) is 10.6. The van der Waals surface area contributed by atoms with Gasteiger partial charge in [-0.05, 0) is 45.4 Å². The lowest BCUT2D eigenvalue weighted by Crippen LogP contribution is -2.44. The van der Waals surface area contributed by atoms with Crippen molar-refractivity contribution >= 4 is 0 Å². The van der Waals surface area contributed by atoms with Crippen molar-refractivity contribution in [2.24, 2.45) is 5.92 Å². The molecule has 2 unspecified atom stereocenters. The molecule has 2 bridgehead atoms. The number of rotatable bonds is 5. The third kappa shape index (κ3) is 2.73. The van der Waals surface area contributed by atoms with Crippen LogP contribution in [0.2, 0.25) is 0 Å². The van der Waals surface area contributed by atoms with Gasteiger partial charge in [-0.25, -0.2) is 0 Å². The molecule has 88 valence electrons. The predicted molar refractivity (Wildman–Crippen MR) is 65.1 cm³/mol. The molecule has 15 heavy (non-hydrogen) atoms. The lowest BCUT2D eigenvalue weighted by Gasteiger charge is -2.30. The quantitative estimate of drug-likeness (QED) is 0.749. The molecule has 0 amide bonds. The summed E-state index contributed by atoms with van der Waals surface area (Å²) in [6.07, 6.45) is 5.65. The van der Waals surface area contributed by atoms with Gasteiger partial charge in [-0.15, -0.1) is 0 Å². The molecule has 0 aromatic carbocycles. The Morgan fingerprint density at radius 2 is 2.13 bits per heavy atom. The molecule has 0 aromatic rings. The summed E-state index contributed by atoms with van der Waals surface area (Å²) in [5, 5.41) is 3.65. The number of hydrogen-bond donors (Lipinski definition) is 1. The third-order valence-corrected chi connectivity index (χ3v) is 4.41. The van der Waals surface area contributed by atoms with E-state index in [1.807, 2.05) is 0 Å². The first kappa shape index (κ1) is 11.4. The summed E-state index contributed by atoms with van der Waals surface area (Å²) in [4.78, 5) is 2.70. The minimum atomic E-state index is 0.318. The SMILES string of the molecule is CCC(C)(C)NCCN1CC2CCC1C2. The second-order valence-corrected chi connectivity index (χ2v) is 5.99. The molecule has 0 aromatic heterocycles. The Bertz CT molecular complexity index is 213. The molecular weight excluding hydrogens is 184 g/mol. The van der Waals surface area contributed by atoms with E-state index in [4.69, 9.17) is 0 Å². The lowest BCUT2D eigenvalue weighted by atomic mass is 10.0. The molecule has 0 spiro atoms. The van der Waals surface area contributed by atoms with Crippen molar-refractivity contribution in [3.63, 3.8) is 0 Å². The van der Waals surface area contributed by atoms with Gasteiger partial charge in [0.25, 0.3) is 0 Å². The standard InChI is InChI=1S/C13H26N2/c1-4-13(2,3)14-7-8-15-10-11-5-6-12(15)9-11/h11-12,14H,4-10H2,1-3H3. The Hall–Kier alpha value is -0.0800. The van der Waals surface area contributed by atoms with Crippen LogP contribution in [0.25, 0.3) is 0 Å². The normalized spacial score (nSPS) is 31.4. The van der Waals surface area contributed by atoms with Crippen molar-refractivity contribution < 1.29 is 0 Å². The first-order valence-electron chi connectivity index (χ1n) is 6.60. The highest BCUT2D eigenvalue weighted by atomic mass is 15.2. The Morgan fingerprint density at radius 3 is 2.67 bits per heavy atom. The highest BCUT2D eigenvalue weighted by Crippen LogP contribution is 2.36. The molecule has 1 saturated carbocycles. The van der Waals surface area contributed by atoms with Gasteiger partial charge in [0.15, 0.2) is 0 Å². The molecule has 2 aliphatic rings. The van der Waals surface area contributed by atoms with E-state index < -0.39 is 0 Å². The molecular formula is C13H26N2. The molecule has 2 nitrogen and oxygen atoms in total. The van der Waals surface area contributed by atoms with Crippen molar-refractivity contribution in [1.29, 1.82) is 0 Å². The fraction of sp³-hybridized carbons (Fsp3) is 1.00. The van der Waals surface area contributed by atoms with Gasteiger partial charge in [0, 0.05) is 31.2 Å². The van der Waals surface area contributed by atoms with Crippen LogP contribution in [0.5, 0.6) is 0 Å². The van der Waals surface area contributed by atoms with Gasteiger partial charge < -0.3 is 5.32 Å². The van der Waals surface area contributed by atoms with Crippen LogP contribution < -0.4 is 5.32 Å². The maximum Gasteiger partial charge on any atom is 0.0123 e. The third-order valence-electron chi connectivity index (χ3n) is 4.41. The monoisotopic (exact) mass is 210 g/mol. The minimum absolute atomic E-state index is 0.318. The smallest absolute Gasteiger partial charge is 0.0123 e. The van der Waals surface area contributed by atoms with E-state index in [0.717, 1.165) is 18.5 Å². The van der Waals surface area contributed by atoms with Gasteiger partial charge >= 0.3 is 0 Å². The molecule has 1 saturated heterocycles. The summed E-state index contributed by atoms with van der Waals surface area (Å²) in [6.45, 7) is 10.6. The minimum Gasteiger partial charge on any atom is -0.311 e. The Labute approximate surface area is 94.4 Å². The summed E-state index contributed by atoms with van der Waals surface area (Å²) >= 11 is 0. The average Bonchev–Trinajstić information content (AvgIpc) is 2.79. The highest BCUT2D eigenvalue weighted by molar-refractivity contribution is 4.92. The molecule has 2 fully saturated rings. The number of hydrogen-bond acceptors (Lipinski definition) is 2. The number of piperidine rings is 1. The second-order valence-electron chi connectivity index (χ2n) is 5.99. The second kappa shape index (κ2) is 4.42. The maximum atomic E-state index is 3.65. The van der Waals surface area contributed by atoms with Gasteiger partial charge in [-0.2, -0.15) is 0 Å². The van der Waals surface area contributed by atoms with Crippen LogP contribution in [0.3, 0.4) is 0 Å². The van der Waals surface area contributed by atoms with Gasteiger partial charge in [0.1, 0.15) is 0 Å². The van der Waals surface area contributed by atoms with E-state index in [1.165, 1.54) is 38.8 Å². The van der Waals surface area contributed by atoms with Crippen LogP contribution in [0, 0.1) is 5.92 Å². The first-order chi connectivity index (χ1) is 7.11. The van der Waals surface area contributed by atoms with Crippen LogP contribution in [0.1, 0.15) is 46.5 Å². The lowest BCUT2D eigenvalue weighted by molar-refractivity contribution is 0.205. The zero-order valence-corrected chi connectivity index (χ0v) is 10.6. The average molecular weight is 210 g/mol. The number of likely N-dealkylation sites (tertiary alicyclic amines) is 1. The van der Waals surface area contributed by atoms with Crippen LogP contribution >= 0.6 is 0 Å². The van der Waals surface area contributed by atoms with E-state index in [-0.39, 0.29) is 0 Å². The van der Waals surface area contributed by atoms with Crippen LogP contribution in [-0.2, 0) is 0 Å². The number of nitrogens with one attached hydrogen (secondary N) is 1. The van der Waals surface area contributed by atoms with E-state index >= 15 is 0 Å². The molecule has 2 heteroatoms. The van der Waals surface area contributed by atoms with Gasteiger partial charge in [-0.3, -0.25) is 4.90 Å². The van der Waals surface area contributed by atoms with Gasteiger partial charge in [-0.1, -0.05) is 6.92 Å². The van der Waals surface area contributed by atoms with E-state index in [9.17, 15) is 0 Å². The van der Waals surface area contributed by atoms with Crippen LogP contribution in [0.4, 0.5) is 0 Å². The topological polar surface area (TPSA) is 15.3 Å². The summed E-state index contributed by atoms with van der Waals surface area (Å²) < 4.78 is 0. The Kier molecular flexibility index (Phi) is 3.36. The van der Waals surface area contributed by atoms with Crippen LogP contribution in [0.15, 0.2) is 0 Å². The summed E-state index contributed by atoms with van der Waals surface area (Å²) in [6, 6.07) is 0.932. The van der Waals surface area contributed by atoms with E-state index in [1.54, 1.807) is 0 Å². The Balaban J connectivity index is 1.67. The molecule has 1 aliphatic heterocycles. The molecule has 1 heterocycles.